The van der Waals surface area contributed by atoms with Gasteiger partial charge in [-0.1, -0.05) is 0 Å². The molecule has 1 saturated carbocycles. The lowest BCUT2D eigenvalue weighted by Crippen LogP contribution is -2.28. The number of hydrogen-bond acceptors (Lipinski definition) is 5. The van der Waals surface area contributed by atoms with Gasteiger partial charge in [-0.3, -0.25) is 5.41 Å². The fourth-order valence-corrected chi connectivity index (χ4v) is 3.18. The van der Waals surface area contributed by atoms with Gasteiger partial charge in [0.1, 0.15) is 5.84 Å². The molecular formula is C12H17N5O. The van der Waals surface area contributed by atoms with E-state index in [9.17, 15) is 5.11 Å². The van der Waals surface area contributed by atoms with Gasteiger partial charge in [0.25, 0.3) is 0 Å². The molecule has 0 aromatic carbocycles. The summed E-state index contributed by atoms with van der Waals surface area (Å²) < 4.78 is 0. The van der Waals surface area contributed by atoms with Gasteiger partial charge in [0.2, 0.25) is 0 Å². The van der Waals surface area contributed by atoms with Gasteiger partial charge < -0.3 is 15.7 Å². The Labute approximate surface area is 105 Å². The number of rotatable bonds is 2. The summed E-state index contributed by atoms with van der Waals surface area (Å²) in [6.45, 7) is 1.66. The van der Waals surface area contributed by atoms with Crippen LogP contribution in [-0.4, -0.2) is 40.3 Å². The van der Waals surface area contributed by atoms with E-state index in [-0.39, 0.29) is 11.9 Å². The number of nitrogens with zero attached hydrogens (tertiary/aromatic N) is 3. The molecule has 3 atom stereocenters. The van der Waals surface area contributed by atoms with Crippen molar-refractivity contribution < 1.29 is 5.11 Å². The lowest BCUT2D eigenvalue weighted by Gasteiger charge is -2.20. The van der Waals surface area contributed by atoms with Crippen molar-refractivity contribution in [3.8, 4) is 0 Å². The van der Waals surface area contributed by atoms with Crippen LogP contribution in [0.3, 0.4) is 0 Å². The van der Waals surface area contributed by atoms with E-state index in [0.717, 1.165) is 25.9 Å². The molecule has 1 saturated heterocycles. The van der Waals surface area contributed by atoms with Gasteiger partial charge in [-0.15, -0.1) is 5.10 Å². The van der Waals surface area contributed by atoms with Gasteiger partial charge >= 0.3 is 0 Å². The largest absolute Gasteiger partial charge is 0.393 e. The minimum atomic E-state index is -0.197. The van der Waals surface area contributed by atoms with E-state index in [2.05, 4.69) is 15.1 Å². The van der Waals surface area contributed by atoms with E-state index in [1.165, 1.54) is 0 Å². The summed E-state index contributed by atoms with van der Waals surface area (Å²) >= 11 is 0. The molecule has 6 heteroatoms. The molecule has 4 N–H and O–H groups in total. The molecule has 1 aromatic rings. The molecule has 6 nitrogen and oxygen atoms in total. The van der Waals surface area contributed by atoms with E-state index >= 15 is 0 Å². The van der Waals surface area contributed by atoms with Crippen molar-refractivity contribution in [1.82, 2.24) is 10.2 Å². The Morgan fingerprint density at radius 3 is 3.00 bits per heavy atom. The third kappa shape index (κ3) is 1.73. The molecule has 1 aliphatic carbocycles. The quantitative estimate of drug-likeness (QED) is 0.503. The smallest absolute Gasteiger partial charge is 0.162 e. The van der Waals surface area contributed by atoms with Gasteiger partial charge in [0, 0.05) is 19.0 Å². The van der Waals surface area contributed by atoms with E-state index in [4.69, 9.17) is 11.1 Å². The van der Waals surface area contributed by atoms with Crippen LogP contribution in [0.2, 0.25) is 0 Å². The first kappa shape index (κ1) is 11.4. The van der Waals surface area contributed by atoms with Crippen LogP contribution < -0.4 is 10.6 Å². The monoisotopic (exact) mass is 247 g/mol. The maximum atomic E-state index is 9.91. The number of aliphatic hydroxyl groups excluding tert-OH is 1. The normalized spacial score (nSPS) is 30.5. The van der Waals surface area contributed by atoms with Gasteiger partial charge in [-0.05, 0) is 24.8 Å². The molecule has 0 bridgehead atoms. The zero-order valence-corrected chi connectivity index (χ0v) is 10.1. The number of nitrogens with one attached hydrogen (secondary N) is 1. The van der Waals surface area contributed by atoms with Crippen molar-refractivity contribution in [2.45, 2.75) is 18.9 Å². The minimum absolute atomic E-state index is 0.0116. The van der Waals surface area contributed by atoms with Gasteiger partial charge in [0.15, 0.2) is 5.82 Å². The molecule has 0 radical (unpaired) electrons. The number of nitrogen functional groups attached to an aromatic ring is 1. The Morgan fingerprint density at radius 1 is 1.44 bits per heavy atom. The number of hydrogen-bond donors (Lipinski definition) is 3. The van der Waals surface area contributed by atoms with Crippen molar-refractivity contribution >= 4 is 11.7 Å². The van der Waals surface area contributed by atoms with E-state index in [1.807, 2.05) is 0 Å². The molecule has 2 aliphatic rings. The number of amidine groups is 1. The Kier molecular flexibility index (Phi) is 2.66. The van der Waals surface area contributed by atoms with Gasteiger partial charge in [0.05, 0.1) is 17.9 Å². The molecular weight excluding hydrogens is 230 g/mol. The van der Waals surface area contributed by atoms with E-state index in [1.54, 1.807) is 12.3 Å². The Bertz CT molecular complexity index is 477. The predicted octanol–water partition coefficient (Wildman–Crippen LogP) is -0.0322. The van der Waals surface area contributed by atoms with E-state index < -0.39 is 0 Å². The summed E-state index contributed by atoms with van der Waals surface area (Å²) in [6, 6.07) is 1.72. The van der Waals surface area contributed by atoms with Crippen LogP contribution in [0.4, 0.5) is 5.82 Å². The Hall–Kier alpha value is -1.69. The SMILES string of the molecule is N=C(N)c1ccnnc1N1CC2CCC(O)C2C1. The lowest BCUT2D eigenvalue weighted by molar-refractivity contribution is 0.133. The maximum absolute atomic E-state index is 9.91. The summed E-state index contributed by atoms with van der Waals surface area (Å²) in [5, 5.41) is 25.5. The molecule has 2 heterocycles. The molecule has 96 valence electrons. The molecule has 3 unspecified atom stereocenters. The number of aromatic nitrogens is 2. The van der Waals surface area contributed by atoms with Crippen LogP contribution in [0, 0.1) is 17.2 Å². The lowest BCUT2D eigenvalue weighted by atomic mass is 10.00. The van der Waals surface area contributed by atoms with Crippen LogP contribution in [0.1, 0.15) is 18.4 Å². The molecule has 0 amide bonds. The molecule has 3 rings (SSSR count). The molecule has 1 aliphatic heterocycles. The highest BCUT2D eigenvalue weighted by molar-refractivity contribution is 5.99. The molecule has 1 aromatic heterocycles. The average Bonchev–Trinajstić information content (AvgIpc) is 2.92. The zero-order chi connectivity index (χ0) is 12.7. The van der Waals surface area contributed by atoms with Crippen LogP contribution in [0.15, 0.2) is 12.3 Å². The Balaban J connectivity index is 1.87. The number of anilines is 1. The highest BCUT2D eigenvalue weighted by Crippen LogP contribution is 2.39. The third-order valence-corrected chi connectivity index (χ3v) is 4.11. The topological polar surface area (TPSA) is 99.1 Å². The third-order valence-electron chi connectivity index (χ3n) is 4.11. The van der Waals surface area contributed by atoms with Gasteiger partial charge in [-0.2, -0.15) is 5.10 Å². The van der Waals surface area contributed by atoms with Crippen LogP contribution in [-0.2, 0) is 0 Å². The second kappa shape index (κ2) is 4.20. The van der Waals surface area contributed by atoms with Crippen molar-refractivity contribution in [3.63, 3.8) is 0 Å². The molecule has 2 fully saturated rings. The minimum Gasteiger partial charge on any atom is -0.393 e. The second-order valence-corrected chi connectivity index (χ2v) is 5.16. The van der Waals surface area contributed by atoms with E-state index in [0.29, 0.717) is 23.2 Å². The predicted molar refractivity (Wildman–Crippen MR) is 67.5 cm³/mol. The van der Waals surface area contributed by atoms with Crippen LogP contribution in [0.25, 0.3) is 0 Å². The first-order valence-corrected chi connectivity index (χ1v) is 6.26. The summed E-state index contributed by atoms with van der Waals surface area (Å²) in [5.41, 5.74) is 6.19. The second-order valence-electron chi connectivity index (χ2n) is 5.16. The van der Waals surface area contributed by atoms with Crippen molar-refractivity contribution in [3.05, 3.63) is 17.8 Å². The van der Waals surface area contributed by atoms with Crippen molar-refractivity contribution in [1.29, 1.82) is 5.41 Å². The molecule has 0 spiro atoms. The average molecular weight is 247 g/mol. The van der Waals surface area contributed by atoms with Crippen LogP contribution in [0.5, 0.6) is 0 Å². The fourth-order valence-electron chi connectivity index (χ4n) is 3.18. The summed E-state index contributed by atoms with van der Waals surface area (Å²) in [5.74, 6) is 1.54. The highest BCUT2D eigenvalue weighted by Gasteiger charge is 2.42. The highest BCUT2D eigenvalue weighted by atomic mass is 16.3. The number of fused-ring (bicyclic) bond motifs is 1. The fraction of sp³-hybridized carbons (Fsp3) is 0.583. The van der Waals surface area contributed by atoms with Crippen molar-refractivity contribution in [2.75, 3.05) is 18.0 Å². The number of aliphatic hydroxyl groups is 1. The standard InChI is InChI=1S/C12H17N5O/c13-11(14)8-3-4-15-16-12(8)17-5-7-1-2-10(18)9(7)6-17/h3-4,7,9-10,18H,1-2,5-6H2,(H3,13,14). The maximum Gasteiger partial charge on any atom is 0.162 e. The van der Waals surface area contributed by atoms with Gasteiger partial charge in [-0.25, -0.2) is 0 Å². The summed E-state index contributed by atoms with van der Waals surface area (Å²) in [6.07, 6.45) is 3.32. The van der Waals surface area contributed by atoms with Crippen molar-refractivity contribution in [2.24, 2.45) is 17.6 Å². The van der Waals surface area contributed by atoms with Crippen LogP contribution >= 0.6 is 0 Å². The number of nitrogens with two attached hydrogens (primary N) is 1. The summed E-state index contributed by atoms with van der Waals surface area (Å²) in [7, 11) is 0. The summed E-state index contributed by atoms with van der Waals surface area (Å²) in [4.78, 5) is 2.10. The zero-order valence-electron chi connectivity index (χ0n) is 10.1. The first-order chi connectivity index (χ1) is 8.66. The first-order valence-electron chi connectivity index (χ1n) is 6.26. The Morgan fingerprint density at radius 2 is 2.28 bits per heavy atom. The molecule has 18 heavy (non-hydrogen) atoms.